The van der Waals surface area contributed by atoms with Gasteiger partial charge in [0.05, 0.1) is 17.8 Å². The van der Waals surface area contributed by atoms with Crippen LogP contribution in [0.1, 0.15) is 94.4 Å². The lowest BCUT2D eigenvalue weighted by atomic mass is 9.84. The van der Waals surface area contributed by atoms with Gasteiger partial charge in [0, 0.05) is 32.2 Å². The molecule has 3 amide bonds. The zero-order chi connectivity index (χ0) is 36.6. The number of amides is 3. The number of hydrogen-bond donors (Lipinski definition) is 5. The second-order valence-corrected chi connectivity index (χ2v) is 17.8. The first-order valence-corrected chi connectivity index (χ1v) is 19.0. The van der Waals surface area contributed by atoms with E-state index in [9.17, 15) is 32.7 Å². The number of aliphatic hydroxyl groups excluding tert-OH is 1. The molecule has 0 aromatic heterocycles. The molecular weight excluding hydrogens is 636 g/mol. The molecule has 0 radical (unpaired) electrons. The second-order valence-electron chi connectivity index (χ2n) is 15.7. The van der Waals surface area contributed by atoms with Gasteiger partial charge in [0.25, 0.3) is 5.91 Å². The van der Waals surface area contributed by atoms with Crippen LogP contribution < -0.4 is 21.3 Å². The van der Waals surface area contributed by atoms with E-state index in [0.29, 0.717) is 32.4 Å². The monoisotopic (exact) mass is 698 g/mol. The molecule has 5 N–H and O–H groups in total. The van der Waals surface area contributed by atoms with Crippen molar-refractivity contribution in [1.29, 1.82) is 0 Å². The summed E-state index contributed by atoms with van der Waals surface area (Å²) in [5.74, 6) is -2.45. The molecular formula is C34H62N6O7S. The van der Waals surface area contributed by atoms with Crippen LogP contribution in [0.3, 0.4) is 0 Å². The molecule has 2 aliphatic rings. The van der Waals surface area contributed by atoms with Gasteiger partial charge in [0.15, 0.2) is 6.35 Å². The van der Waals surface area contributed by atoms with Gasteiger partial charge in [-0.3, -0.25) is 29.8 Å². The first kappa shape index (κ1) is 41.8. The Labute approximate surface area is 288 Å². The summed E-state index contributed by atoms with van der Waals surface area (Å²) < 4.78 is 26.5. The first-order valence-electron chi connectivity index (χ1n) is 17.4. The fourth-order valence-corrected chi connectivity index (χ4v) is 7.91. The Morgan fingerprint density at radius 2 is 1.67 bits per heavy atom. The van der Waals surface area contributed by atoms with E-state index in [1.807, 2.05) is 62.3 Å². The van der Waals surface area contributed by atoms with Crippen molar-refractivity contribution < 1.29 is 32.7 Å². The largest absolute Gasteiger partial charge is 0.365 e. The number of likely N-dealkylation sites (tertiary alicyclic amines) is 1. The molecule has 0 aromatic carbocycles. The summed E-state index contributed by atoms with van der Waals surface area (Å²) in [5, 5.41) is 22.8. The number of sulfonamides is 1. The number of ketones is 1. The van der Waals surface area contributed by atoms with E-state index in [1.165, 1.54) is 15.3 Å². The van der Waals surface area contributed by atoms with Crippen LogP contribution in [0, 0.1) is 22.7 Å². The van der Waals surface area contributed by atoms with Crippen LogP contribution in [0.4, 0.5) is 0 Å². The summed E-state index contributed by atoms with van der Waals surface area (Å²) in [7, 11) is -3.36. The van der Waals surface area contributed by atoms with E-state index in [4.69, 9.17) is 0 Å². The minimum atomic E-state index is -3.36. The van der Waals surface area contributed by atoms with Gasteiger partial charge in [-0.2, -0.15) is 0 Å². The number of unbranched alkanes of at least 4 members (excludes halogenated alkanes) is 1. The van der Waals surface area contributed by atoms with E-state index >= 15 is 0 Å². The third-order valence-electron chi connectivity index (χ3n) is 9.39. The maximum absolute atomic E-state index is 14.4. The Balaban J connectivity index is 2.33. The minimum absolute atomic E-state index is 0.0435. The van der Waals surface area contributed by atoms with Crippen LogP contribution in [-0.2, 0) is 29.2 Å². The van der Waals surface area contributed by atoms with Crippen molar-refractivity contribution in [3.8, 4) is 0 Å². The average Bonchev–Trinajstić information content (AvgIpc) is 3.57. The van der Waals surface area contributed by atoms with Gasteiger partial charge in [-0.1, -0.05) is 81.2 Å². The minimum Gasteiger partial charge on any atom is -0.365 e. The summed E-state index contributed by atoms with van der Waals surface area (Å²) >= 11 is 0. The Morgan fingerprint density at radius 3 is 2.17 bits per heavy atom. The molecule has 6 atom stereocenters. The van der Waals surface area contributed by atoms with Gasteiger partial charge < -0.3 is 20.6 Å². The highest BCUT2D eigenvalue weighted by atomic mass is 32.2. The normalized spacial score (nSPS) is 22.6. The van der Waals surface area contributed by atoms with E-state index in [0.717, 1.165) is 6.42 Å². The highest BCUT2D eigenvalue weighted by Crippen LogP contribution is 2.34. The molecule has 0 spiro atoms. The predicted octanol–water partition coefficient (Wildman–Crippen LogP) is 1.73. The maximum atomic E-state index is 14.4. The highest BCUT2D eigenvalue weighted by molar-refractivity contribution is 7.89. The fraction of sp³-hybridized carbons (Fsp3) is 0.824. The second kappa shape index (κ2) is 17.5. The van der Waals surface area contributed by atoms with Crippen LogP contribution in [0.25, 0.3) is 0 Å². The molecule has 2 rings (SSSR count). The molecule has 2 saturated heterocycles. The van der Waals surface area contributed by atoms with E-state index in [2.05, 4.69) is 27.8 Å². The molecule has 2 fully saturated rings. The molecule has 0 aliphatic carbocycles. The lowest BCUT2D eigenvalue weighted by Crippen LogP contribution is -2.64. The quantitative estimate of drug-likeness (QED) is 0.0860. The van der Waals surface area contributed by atoms with Crippen LogP contribution in [0.2, 0.25) is 0 Å². The standard InChI is InChI=1S/C34H62N6O7S/c1-11-13-15-24(27(41)30(43)35-17-12-2)36-29(42)26-23(22(3)4)16-19-40(26)31(44)28(34(8,9)10)38-32(45)37-25(33(5,6)7)21-39-18-14-20-48(39,46)47/h12,22-26,28,32,37-38,45H,2,11,13-21H2,1,3-10H3,(H,35,43)(H,36,42)/t23-,24?,25-,26+,28-,32?/m1/s1. The van der Waals surface area contributed by atoms with Gasteiger partial charge in [0.2, 0.25) is 27.6 Å². The number of hydrogen-bond acceptors (Lipinski definition) is 9. The lowest BCUT2D eigenvalue weighted by Gasteiger charge is -2.40. The van der Waals surface area contributed by atoms with Crippen molar-refractivity contribution in [2.24, 2.45) is 22.7 Å². The Bertz CT molecular complexity index is 1240. The lowest BCUT2D eigenvalue weighted by molar-refractivity contribution is -0.146. The Hall–Kier alpha value is -2.39. The van der Waals surface area contributed by atoms with E-state index in [-0.39, 0.29) is 43.0 Å². The zero-order valence-corrected chi connectivity index (χ0v) is 31.4. The number of nitrogens with one attached hydrogen (secondary N) is 4. The topological polar surface area (TPSA) is 177 Å². The molecule has 2 aliphatic heterocycles. The zero-order valence-electron chi connectivity index (χ0n) is 30.6. The van der Waals surface area contributed by atoms with Gasteiger partial charge in [-0.25, -0.2) is 12.7 Å². The molecule has 13 nitrogen and oxygen atoms in total. The van der Waals surface area contributed by atoms with Crippen molar-refractivity contribution in [3.63, 3.8) is 0 Å². The predicted molar refractivity (Wildman–Crippen MR) is 187 cm³/mol. The molecule has 0 aromatic rings. The summed E-state index contributed by atoms with van der Waals surface area (Å²) in [4.78, 5) is 55.5. The third-order valence-corrected chi connectivity index (χ3v) is 11.3. The van der Waals surface area contributed by atoms with Crippen molar-refractivity contribution in [1.82, 2.24) is 30.5 Å². The molecule has 2 unspecified atom stereocenters. The summed E-state index contributed by atoms with van der Waals surface area (Å²) in [6.45, 7) is 21.9. The van der Waals surface area contributed by atoms with Crippen molar-refractivity contribution in [2.75, 3.05) is 31.9 Å². The van der Waals surface area contributed by atoms with E-state index in [1.54, 1.807) is 0 Å². The van der Waals surface area contributed by atoms with Gasteiger partial charge in [-0.05, 0) is 41.9 Å². The number of carbonyl (C=O) groups is 4. The Morgan fingerprint density at radius 1 is 1.02 bits per heavy atom. The van der Waals surface area contributed by atoms with Crippen LogP contribution in [0.5, 0.6) is 0 Å². The Kier molecular flexibility index (Phi) is 15.2. The maximum Gasteiger partial charge on any atom is 0.289 e. The number of aliphatic hydroxyl groups is 1. The summed E-state index contributed by atoms with van der Waals surface area (Å²) in [6.07, 6.45) is 2.89. The van der Waals surface area contributed by atoms with Crippen LogP contribution >= 0.6 is 0 Å². The van der Waals surface area contributed by atoms with Gasteiger partial charge >= 0.3 is 0 Å². The first-order chi connectivity index (χ1) is 22.1. The van der Waals surface area contributed by atoms with E-state index < -0.39 is 69.0 Å². The van der Waals surface area contributed by atoms with Gasteiger partial charge in [-0.15, -0.1) is 6.58 Å². The fourth-order valence-electron chi connectivity index (χ4n) is 6.37. The average molecular weight is 699 g/mol. The van der Waals surface area contributed by atoms with Crippen LogP contribution in [-0.4, -0.2) is 109 Å². The van der Waals surface area contributed by atoms with Crippen molar-refractivity contribution in [3.05, 3.63) is 12.7 Å². The molecule has 0 bridgehead atoms. The molecule has 48 heavy (non-hydrogen) atoms. The number of rotatable bonds is 17. The van der Waals surface area contributed by atoms with Crippen LogP contribution in [0.15, 0.2) is 12.7 Å². The molecule has 0 saturated carbocycles. The van der Waals surface area contributed by atoms with Crippen molar-refractivity contribution >= 4 is 33.5 Å². The third kappa shape index (κ3) is 11.3. The highest BCUT2D eigenvalue weighted by Gasteiger charge is 2.48. The number of Topliss-reactive ketones (excluding diaryl/α,β-unsaturated/α-hetero) is 1. The number of nitrogens with zero attached hydrogens (tertiary/aromatic N) is 2. The summed E-state index contributed by atoms with van der Waals surface area (Å²) in [6, 6.07) is -3.30. The molecule has 2 heterocycles. The van der Waals surface area contributed by atoms with Gasteiger partial charge in [0.1, 0.15) is 6.04 Å². The molecule has 14 heteroatoms. The smallest absolute Gasteiger partial charge is 0.289 e. The summed E-state index contributed by atoms with van der Waals surface area (Å²) in [5.41, 5.74) is -1.13. The SMILES string of the molecule is C=CCNC(=O)C(=O)C(CCCC)NC(=O)[C@@H]1[C@@H](C(C)C)CCN1C(=O)[C@@H](NC(O)N[C@H](CN1CCCS1(=O)=O)C(C)(C)C)C(C)(C)C. The number of carbonyl (C=O) groups excluding carboxylic acids is 4. The molecule has 276 valence electrons. The van der Waals surface area contributed by atoms with Crippen molar-refractivity contribution in [2.45, 2.75) is 125 Å².